The van der Waals surface area contributed by atoms with Crippen LogP contribution in [0.4, 0.5) is 14.5 Å². The van der Waals surface area contributed by atoms with E-state index in [1.54, 1.807) is 0 Å². The van der Waals surface area contributed by atoms with E-state index in [0.717, 1.165) is 12.1 Å². The van der Waals surface area contributed by atoms with E-state index in [4.69, 9.17) is 23.2 Å². The highest BCUT2D eigenvalue weighted by Crippen LogP contribution is 2.25. The average Bonchev–Trinajstić information content (AvgIpc) is 2.36. The summed E-state index contributed by atoms with van der Waals surface area (Å²) in [5.74, 6) is -2.72. The van der Waals surface area contributed by atoms with E-state index in [1.807, 2.05) is 0 Å². The zero-order valence-electron chi connectivity index (χ0n) is 9.55. The van der Waals surface area contributed by atoms with Crippen molar-refractivity contribution in [1.29, 1.82) is 0 Å². The van der Waals surface area contributed by atoms with Crippen LogP contribution in [0.2, 0.25) is 10.2 Å². The Morgan fingerprint density at radius 3 is 2.40 bits per heavy atom. The molecular weight excluding hydrogens is 377 g/mol. The SMILES string of the molecule is O=C(Nc1c(F)cc(Br)cc1F)c1nc(Cl)ccc1Cl. The Balaban J connectivity index is 2.35. The van der Waals surface area contributed by atoms with Crippen molar-refractivity contribution in [2.45, 2.75) is 0 Å². The average molecular weight is 382 g/mol. The molecule has 0 aliphatic carbocycles. The largest absolute Gasteiger partial charge is 0.316 e. The van der Waals surface area contributed by atoms with Crippen LogP contribution in [0.25, 0.3) is 0 Å². The molecule has 3 nitrogen and oxygen atoms in total. The summed E-state index contributed by atoms with van der Waals surface area (Å²) in [5, 5.41) is 2.13. The van der Waals surface area contributed by atoms with Crippen LogP contribution in [-0.2, 0) is 0 Å². The van der Waals surface area contributed by atoms with E-state index in [1.165, 1.54) is 12.1 Å². The number of anilines is 1. The molecule has 8 heteroatoms. The Labute approximate surface area is 131 Å². The van der Waals surface area contributed by atoms with Crippen molar-refractivity contribution in [2.75, 3.05) is 5.32 Å². The Morgan fingerprint density at radius 2 is 1.80 bits per heavy atom. The van der Waals surface area contributed by atoms with Gasteiger partial charge in [-0.1, -0.05) is 39.1 Å². The second-order valence-corrected chi connectivity index (χ2v) is 5.37. The van der Waals surface area contributed by atoms with Crippen molar-refractivity contribution in [3.05, 3.63) is 56.2 Å². The smallest absolute Gasteiger partial charge is 0.276 e. The van der Waals surface area contributed by atoms with Crippen LogP contribution in [0.15, 0.2) is 28.7 Å². The highest BCUT2D eigenvalue weighted by Gasteiger charge is 2.18. The van der Waals surface area contributed by atoms with Crippen LogP contribution in [0.5, 0.6) is 0 Å². The fraction of sp³-hybridized carbons (Fsp3) is 0. The van der Waals surface area contributed by atoms with Gasteiger partial charge >= 0.3 is 0 Å². The van der Waals surface area contributed by atoms with Gasteiger partial charge in [-0.15, -0.1) is 0 Å². The van der Waals surface area contributed by atoms with E-state index in [-0.39, 0.29) is 20.3 Å². The third-order valence-corrected chi connectivity index (χ3v) is 3.25. The lowest BCUT2D eigenvalue weighted by Gasteiger charge is -2.08. The number of nitrogens with one attached hydrogen (secondary N) is 1. The van der Waals surface area contributed by atoms with Crippen LogP contribution in [0, 0.1) is 11.6 Å². The Morgan fingerprint density at radius 1 is 1.20 bits per heavy atom. The number of halogens is 5. The Kier molecular flexibility index (Phi) is 4.57. The molecule has 0 fully saturated rings. The van der Waals surface area contributed by atoms with Crippen LogP contribution in [0.1, 0.15) is 10.5 Å². The molecule has 20 heavy (non-hydrogen) atoms. The second-order valence-electron chi connectivity index (χ2n) is 3.66. The highest BCUT2D eigenvalue weighted by atomic mass is 79.9. The number of hydrogen-bond acceptors (Lipinski definition) is 2. The van der Waals surface area contributed by atoms with Gasteiger partial charge in [0.25, 0.3) is 5.91 Å². The number of benzene rings is 1. The van der Waals surface area contributed by atoms with Gasteiger partial charge in [-0.05, 0) is 24.3 Å². The minimum Gasteiger partial charge on any atom is -0.316 e. The molecule has 0 aliphatic rings. The molecule has 0 spiro atoms. The third-order valence-electron chi connectivity index (χ3n) is 2.27. The van der Waals surface area contributed by atoms with Crippen molar-refractivity contribution in [2.24, 2.45) is 0 Å². The van der Waals surface area contributed by atoms with E-state index in [2.05, 4.69) is 26.2 Å². The van der Waals surface area contributed by atoms with Crippen LogP contribution >= 0.6 is 39.1 Å². The molecule has 1 amide bonds. The quantitative estimate of drug-likeness (QED) is 0.767. The first-order valence-corrected chi connectivity index (χ1v) is 6.71. The minimum atomic E-state index is -0.927. The van der Waals surface area contributed by atoms with E-state index >= 15 is 0 Å². The number of carbonyl (C=O) groups excluding carboxylic acids is 1. The third kappa shape index (κ3) is 3.26. The molecule has 0 unspecified atom stereocenters. The summed E-state index contributed by atoms with van der Waals surface area (Å²) in [4.78, 5) is 15.6. The lowest BCUT2D eigenvalue weighted by molar-refractivity contribution is 0.102. The van der Waals surface area contributed by atoms with Crippen molar-refractivity contribution in [3.8, 4) is 0 Å². The first-order valence-electron chi connectivity index (χ1n) is 5.16. The number of amides is 1. The predicted molar refractivity (Wildman–Crippen MR) is 76.3 cm³/mol. The van der Waals surface area contributed by atoms with Crippen molar-refractivity contribution < 1.29 is 13.6 Å². The molecule has 0 atom stereocenters. The molecule has 0 aliphatic heterocycles. The normalized spacial score (nSPS) is 10.4. The summed E-state index contributed by atoms with van der Waals surface area (Å²) in [7, 11) is 0. The summed E-state index contributed by atoms with van der Waals surface area (Å²) in [6.07, 6.45) is 0. The maximum Gasteiger partial charge on any atom is 0.276 e. The van der Waals surface area contributed by atoms with Crippen LogP contribution in [0.3, 0.4) is 0 Å². The van der Waals surface area contributed by atoms with Gasteiger partial charge in [-0.25, -0.2) is 13.8 Å². The Hall–Kier alpha value is -1.24. The predicted octanol–water partition coefficient (Wildman–Crippen LogP) is 4.68. The standard InChI is InChI=1S/C12H5BrCl2F2N2O/c13-5-3-7(16)11(8(17)4-5)19-12(20)10-6(14)1-2-9(15)18-10/h1-4H,(H,19,20). The Bertz CT molecular complexity index is 674. The van der Waals surface area contributed by atoms with Crippen LogP contribution < -0.4 is 5.32 Å². The molecule has 0 bridgehead atoms. The second kappa shape index (κ2) is 6.03. The molecule has 104 valence electrons. The summed E-state index contributed by atoms with van der Waals surface area (Å²) < 4.78 is 27.4. The fourth-order valence-corrected chi connectivity index (χ4v) is 2.15. The van der Waals surface area contributed by atoms with Gasteiger partial charge in [-0.3, -0.25) is 4.79 Å². The number of aromatic nitrogens is 1. The fourth-order valence-electron chi connectivity index (χ4n) is 1.41. The zero-order chi connectivity index (χ0) is 14.9. The molecule has 1 N–H and O–H groups in total. The molecule has 1 aromatic heterocycles. The van der Waals surface area contributed by atoms with Crippen molar-refractivity contribution >= 4 is 50.7 Å². The van der Waals surface area contributed by atoms with E-state index < -0.39 is 23.2 Å². The van der Waals surface area contributed by atoms with Gasteiger partial charge in [0.2, 0.25) is 0 Å². The maximum absolute atomic E-state index is 13.6. The van der Waals surface area contributed by atoms with Gasteiger partial charge in [-0.2, -0.15) is 0 Å². The van der Waals surface area contributed by atoms with Gasteiger partial charge in [0.15, 0.2) is 11.6 Å². The van der Waals surface area contributed by atoms with Gasteiger partial charge < -0.3 is 5.32 Å². The lowest BCUT2D eigenvalue weighted by atomic mass is 10.2. The maximum atomic E-state index is 13.6. The summed E-state index contributed by atoms with van der Waals surface area (Å²) >= 11 is 14.4. The molecular formula is C12H5BrCl2F2N2O. The first-order chi connectivity index (χ1) is 9.38. The monoisotopic (exact) mass is 380 g/mol. The molecule has 1 heterocycles. The number of nitrogens with zero attached hydrogens (tertiary/aromatic N) is 1. The van der Waals surface area contributed by atoms with E-state index in [9.17, 15) is 13.6 Å². The minimum absolute atomic E-state index is 0.0184. The molecule has 2 aromatic rings. The molecule has 0 saturated heterocycles. The summed E-state index contributed by atoms with van der Waals surface area (Å²) in [6.45, 7) is 0. The number of hydrogen-bond donors (Lipinski definition) is 1. The molecule has 1 aromatic carbocycles. The number of rotatable bonds is 2. The highest BCUT2D eigenvalue weighted by molar-refractivity contribution is 9.10. The van der Waals surface area contributed by atoms with Gasteiger partial charge in [0.05, 0.1) is 5.02 Å². The van der Waals surface area contributed by atoms with Crippen molar-refractivity contribution in [1.82, 2.24) is 4.98 Å². The number of pyridine rings is 1. The van der Waals surface area contributed by atoms with Gasteiger partial charge in [0, 0.05) is 4.47 Å². The summed E-state index contributed by atoms with van der Waals surface area (Å²) in [6, 6.07) is 4.79. The van der Waals surface area contributed by atoms with Crippen LogP contribution in [-0.4, -0.2) is 10.9 Å². The summed E-state index contributed by atoms with van der Waals surface area (Å²) in [5.41, 5.74) is -0.808. The van der Waals surface area contributed by atoms with Gasteiger partial charge in [0.1, 0.15) is 16.5 Å². The number of carbonyl (C=O) groups is 1. The zero-order valence-corrected chi connectivity index (χ0v) is 12.7. The van der Waals surface area contributed by atoms with Crippen molar-refractivity contribution in [3.63, 3.8) is 0 Å². The first kappa shape index (κ1) is 15.2. The van der Waals surface area contributed by atoms with E-state index in [0.29, 0.717) is 0 Å². The lowest BCUT2D eigenvalue weighted by Crippen LogP contribution is -2.16. The molecule has 0 saturated carbocycles. The molecule has 2 rings (SSSR count). The topological polar surface area (TPSA) is 42.0 Å². The molecule has 0 radical (unpaired) electrons.